The Morgan fingerprint density at radius 2 is 1.74 bits per heavy atom. The topological polar surface area (TPSA) is 26.0 Å². The molecule has 0 aliphatic rings. The molecule has 0 heterocycles. The van der Waals surface area contributed by atoms with E-state index < -0.39 is 0 Å². The van der Waals surface area contributed by atoms with E-state index in [4.69, 9.17) is 17.3 Å². The summed E-state index contributed by atoms with van der Waals surface area (Å²) >= 11 is 12.9. The molecule has 1 nitrogen and oxygen atoms in total. The van der Waals surface area contributed by atoms with Gasteiger partial charge in [0.15, 0.2) is 0 Å². The highest BCUT2D eigenvalue weighted by atomic mass is 79.9. The van der Waals surface area contributed by atoms with Gasteiger partial charge in [-0.1, -0.05) is 43.5 Å². The van der Waals surface area contributed by atoms with E-state index in [0.717, 1.165) is 14.5 Å². The minimum atomic E-state index is -0.304. The molecule has 0 aliphatic carbocycles. The first-order valence-electron chi connectivity index (χ1n) is 5.61. The number of rotatable bonds is 3. The van der Waals surface area contributed by atoms with E-state index in [1.807, 2.05) is 18.2 Å². The fraction of sp³-hybridized carbons (Fsp3) is 0.143. The molecule has 19 heavy (non-hydrogen) atoms. The van der Waals surface area contributed by atoms with Crippen molar-refractivity contribution in [1.82, 2.24) is 0 Å². The van der Waals surface area contributed by atoms with E-state index in [9.17, 15) is 4.39 Å². The predicted octanol–water partition coefficient (Wildman–Crippen LogP) is 5.25. The van der Waals surface area contributed by atoms with Gasteiger partial charge in [0.05, 0.1) is 0 Å². The van der Waals surface area contributed by atoms with Crippen LogP contribution in [0.2, 0.25) is 5.02 Å². The Balaban J connectivity index is 2.25. The van der Waals surface area contributed by atoms with Crippen molar-refractivity contribution in [3.63, 3.8) is 0 Å². The lowest BCUT2D eigenvalue weighted by molar-refractivity contribution is 0.622. The standard InChI is InChI=1S/C14H11Br2ClFN/c15-10-3-9(4-11(16)7-10)14(19)6-8-5-12(18)1-2-13(8)17/h1-5,7,14H,6,19H2. The molecule has 0 saturated heterocycles. The van der Waals surface area contributed by atoms with Crippen LogP contribution in [0.3, 0.4) is 0 Å². The lowest BCUT2D eigenvalue weighted by Crippen LogP contribution is -2.13. The summed E-state index contributed by atoms with van der Waals surface area (Å²) in [6.07, 6.45) is 0.486. The van der Waals surface area contributed by atoms with Crippen LogP contribution in [0.15, 0.2) is 45.3 Å². The summed E-state index contributed by atoms with van der Waals surface area (Å²) in [6.45, 7) is 0. The first-order chi connectivity index (χ1) is 8.95. The third-order valence-electron chi connectivity index (χ3n) is 2.76. The van der Waals surface area contributed by atoms with E-state index in [2.05, 4.69) is 31.9 Å². The van der Waals surface area contributed by atoms with Crippen LogP contribution in [0.25, 0.3) is 0 Å². The zero-order valence-corrected chi connectivity index (χ0v) is 13.8. The van der Waals surface area contributed by atoms with Crippen LogP contribution >= 0.6 is 43.5 Å². The van der Waals surface area contributed by atoms with Gasteiger partial charge in [0.2, 0.25) is 0 Å². The molecular formula is C14H11Br2ClFN. The van der Waals surface area contributed by atoms with Crippen molar-refractivity contribution in [1.29, 1.82) is 0 Å². The molecule has 5 heteroatoms. The molecule has 0 spiro atoms. The van der Waals surface area contributed by atoms with Crippen molar-refractivity contribution in [2.24, 2.45) is 5.73 Å². The highest BCUT2D eigenvalue weighted by molar-refractivity contribution is 9.11. The molecule has 0 radical (unpaired) electrons. The fourth-order valence-electron chi connectivity index (χ4n) is 1.84. The maximum absolute atomic E-state index is 13.2. The first-order valence-corrected chi connectivity index (χ1v) is 7.57. The molecule has 2 aromatic rings. The molecule has 0 aromatic heterocycles. The lowest BCUT2D eigenvalue weighted by Gasteiger charge is -2.14. The van der Waals surface area contributed by atoms with Crippen molar-refractivity contribution in [2.75, 3.05) is 0 Å². The summed E-state index contributed by atoms with van der Waals surface area (Å²) < 4.78 is 15.1. The molecule has 1 atom stereocenters. The monoisotopic (exact) mass is 405 g/mol. The number of hydrogen-bond acceptors (Lipinski definition) is 1. The van der Waals surface area contributed by atoms with Gasteiger partial charge in [0.1, 0.15) is 5.82 Å². The van der Waals surface area contributed by atoms with E-state index in [-0.39, 0.29) is 11.9 Å². The van der Waals surface area contributed by atoms with Gasteiger partial charge in [-0.3, -0.25) is 0 Å². The van der Waals surface area contributed by atoms with E-state index in [0.29, 0.717) is 17.0 Å². The zero-order valence-electron chi connectivity index (χ0n) is 9.84. The number of benzene rings is 2. The van der Waals surface area contributed by atoms with Crippen LogP contribution < -0.4 is 5.73 Å². The van der Waals surface area contributed by atoms with Gasteiger partial charge in [-0.05, 0) is 53.9 Å². The van der Waals surface area contributed by atoms with Gasteiger partial charge < -0.3 is 5.73 Å². The Morgan fingerprint density at radius 1 is 1.11 bits per heavy atom. The molecule has 2 rings (SSSR count). The normalized spacial score (nSPS) is 12.5. The Hall–Kier alpha value is -0.420. The highest BCUT2D eigenvalue weighted by Crippen LogP contribution is 2.27. The van der Waals surface area contributed by atoms with Crippen molar-refractivity contribution in [3.8, 4) is 0 Å². The van der Waals surface area contributed by atoms with Gasteiger partial charge >= 0.3 is 0 Å². The van der Waals surface area contributed by atoms with Crippen LogP contribution in [0.5, 0.6) is 0 Å². The Kier molecular flexibility index (Phi) is 5.01. The molecule has 0 saturated carbocycles. The third-order valence-corrected chi connectivity index (χ3v) is 4.05. The van der Waals surface area contributed by atoms with Gasteiger partial charge in [0, 0.05) is 20.0 Å². The Bertz CT molecular complexity index is 584. The Morgan fingerprint density at radius 3 is 2.37 bits per heavy atom. The molecule has 0 fully saturated rings. The summed E-state index contributed by atoms with van der Waals surface area (Å²) in [7, 11) is 0. The lowest BCUT2D eigenvalue weighted by atomic mass is 10.00. The van der Waals surface area contributed by atoms with E-state index in [1.54, 1.807) is 6.07 Å². The molecule has 0 bridgehead atoms. The van der Waals surface area contributed by atoms with E-state index in [1.165, 1.54) is 12.1 Å². The average molecular weight is 408 g/mol. The fourth-order valence-corrected chi connectivity index (χ4v) is 3.37. The van der Waals surface area contributed by atoms with Gasteiger partial charge in [-0.2, -0.15) is 0 Å². The average Bonchev–Trinajstić information content (AvgIpc) is 2.32. The van der Waals surface area contributed by atoms with Crippen molar-refractivity contribution >= 4 is 43.5 Å². The molecule has 2 N–H and O–H groups in total. The summed E-state index contributed by atoms with van der Waals surface area (Å²) in [6, 6.07) is 9.91. The number of hydrogen-bond donors (Lipinski definition) is 1. The molecule has 100 valence electrons. The second-order valence-electron chi connectivity index (χ2n) is 4.25. The molecular weight excluding hydrogens is 396 g/mol. The van der Waals surface area contributed by atoms with Crippen LogP contribution in [-0.4, -0.2) is 0 Å². The van der Waals surface area contributed by atoms with Gasteiger partial charge in [-0.25, -0.2) is 4.39 Å². The molecule has 0 amide bonds. The second kappa shape index (κ2) is 6.35. The third kappa shape index (κ3) is 4.02. The summed E-state index contributed by atoms with van der Waals surface area (Å²) in [4.78, 5) is 0. The quantitative estimate of drug-likeness (QED) is 0.739. The Labute approximate surface area is 133 Å². The van der Waals surface area contributed by atoms with Gasteiger partial charge in [0.25, 0.3) is 0 Å². The second-order valence-corrected chi connectivity index (χ2v) is 6.49. The van der Waals surface area contributed by atoms with Crippen LogP contribution in [-0.2, 0) is 6.42 Å². The van der Waals surface area contributed by atoms with Crippen LogP contribution in [0, 0.1) is 5.82 Å². The minimum Gasteiger partial charge on any atom is -0.324 e. The summed E-state index contributed by atoms with van der Waals surface area (Å²) in [5, 5.41) is 0.533. The van der Waals surface area contributed by atoms with Crippen molar-refractivity contribution in [2.45, 2.75) is 12.5 Å². The zero-order chi connectivity index (χ0) is 14.0. The SMILES string of the molecule is NC(Cc1cc(F)ccc1Cl)c1cc(Br)cc(Br)c1. The molecule has 0 aliphatic heterocycles. The minimum absolute atomic E-state index is 0.243. The highest BCUT2D eigenvalue weighted by Gasteiger charge is 2.11. The summed E-state index contributed by atoms with van der Waals surface area (Å²) in [5.74, 6) is -0.304. The van der Waals surface area contributed by atoms with Crippen LogP contribution in [0.1, 0.15) is 17.2 Å². The maximum Gasteiger partial charge on any atom is 0.123 e. The number of halogens is 4. The maximum atomic E-state index is 13.2. The summed E-state index contributed by atoms with van der Waals surface area (Å²) in [5.41, 5.74) is 7.83. The van der Waals surface area contributed by atoms with Crippen LogP contribution in [0.4, 0.5) is 4.39 Å². The molecule has 2 aromatic carbocycles. The predicted molar refractivity (Wildman–Crippen MR) is 83.9 cm³/mol. The largest absolute Gasteiger partial charge is 0.324 e. The van der Waals surface area contributed by atoms with E-state index >= 15 is 0 Å². The number of nitrogens with two attached hydrogens (primary N) is 1. The molecule has 1 unspecified atom stereocenters. The smallest absolute Gasteiger partial charge is 0.123 e. The van der Waals surface area contributed by atoms with Crippen molar-refractivity contribution < 1.29 is 4.39 Å². The van der Waals surface area contributed by atoms with Gasteiger partial charge in [-0.15, -0.1) is 0 Å². The first kappa shape index (κ1) is 15.0. The van der Waals surface area contributed by atoms with Crippen molar-refractivity contribution in [3.05, 3.63) is 67.3 Å².